The Morgan fingerprint density at radius 3 is 2.52 bits per heavy atom. The number of halogens is 3. The highest BCUT2D eigenvalue weighted by atomic mass is 35.5. The molecule has 4 rings (SSSR count). The van der Waals surface area contributed by atoms with Crippen LogP contribution in [0.3, 0.4) is 0 Å². The van der Waals surface area contributed by atoms with Gasteiger partial charge in [-0.3, -0.25) is 9.48 Å². The molecule has 3 aromatic rings. The standard InChI is InChI=1S/C20H16Cl2FN3O3/c1-10-15-7-16(20(28)29)17(23)8-18(15)26(24-10)14-2-3-25(9-14)19(27)11-4-12(21)6-13(22)5-11/h4-8,14H,2-3,9H2,1H3,(H,28,29)/t14-/m1/s1. The van der Waals surface area contributed by atoms with E-state index in [1.54, 1.807) is 34.7 Å². The molecule has 1 aliphatic rings. The van der Waals surface area contributed by atoms with Crippen molar-refractivity contribution in [2.75, 3.05) is 13.1 Å². The Labute approximate surface area is 175 Å². The fraction of sp³-hybridized carbons (Fsp3) is 0.250. The maximum atomic E-state index is 14.2. The third-order valence-electron chi connectivity index (χ3n) is 5.12. The van der Waals surface area contributed by atoms with Crippen molar-refractivity contribution in [1.82, 2.24) is 14.7 Å². The molecule has 150 valence electrons. The van der Waals surface area contributed by atoms with Crippen LogP contribution >= 0.6 is 23.2 Å². The highest BCUT2D eigenvalue weighted by molar-refractivity contribution is 6.35. The average molecular weight is 436 g/mol. The number of likely N-dealkylation sites (tertiary alicyclic amines) is 1. The van der Waals surface area contributed by atoms with E-state index < -0.39 is 11.8 Å². The van der Waals surface area contributed by atoms with Gasteiger partial charge in [-0.15, -0.1) is 0 Å². The zero-order valence-corrected chi connectivity index (χ0v) is 16.8. The van der Waals surface area contributed by atoms with Crippen LogP contribution < -0.4 is 0 Å². The number of carbonyl (C=O) groups excluding carboxylic acids is 1. The monoisotopic (exact) mass is 435 g/mol. The number of carboxylic acids is 1. The van der Waals surface area contributed by atoms with Crippen molar-refractivity contribution < 1.29 is 19.1 Å². The van der Waals surface area contributed by atoms with Crippen molar-refractivity contribution in [3.05, 3.63) is 63.0 Å². The summed E-state index contributed by atoms with van der Waals surface area (Å²) < 4.78 is 15.9. The molecule has 9 heteroatoms. The van der Waals surface area contributed by atoms with Gasteiger partial charge in [-0.1, -0.05) is 23.2 Å². The molecule has 29 heavy (non-hydrogen) atoms. The highest BCUT2D eigenvalue weighted by Gasteiger charge is 2.30. The van der Waals surface area contributed by atoms with E-state index in [1.165, 1.54) is 12.1 Å². The van der Waals surface area contributed by atoms with E-state index in [0.29, 0.717) is 51.7 Å². The molecule has 0 spiro atoms. The summed E-state index contributed by atoms with van der Waals surface area (Å²) >= 11 is 12.0. The van der Waals surface area contributed by atoms with Crippen molar-refractivity contribution >= 4 is 46.0 Å². The van der Waals surface area contributed by atoms with Gasteiger partial charge in [0.25, 0.3) is 5.91 Å². The van der Waals surface area contributed by atoms with Crippen LogP contribution in [0.15, 0.2) is 30.3 Å². The van der Waals surface area contributed by atoms with Crippen molar-refractivity contribution in [2.24, 2.45) is 0 Å². The van der Waals surface area contributed by atoms with Crippen LogP contribution in [-0.4, -0.2) is 44.8 Å². The number of aromatic nitrogens is 2. The topological polar surface area (TPSA) is 75.4 Å². The number of hydrogen-bond donors (Lipinski definition) is 1. The number of nitrogens with zero attached hydrogens (tertiary/aromatic N) is 3. The summed E-state index contributed by atoms with van der Waals surface area (Å²) in [6.45, 7) is 2.64. The SMILES string of the molecule is Cc1nn([C@@H]2CCN(C(=O)c3cc(Cl)cc(Cl)c3)C2)c2cc(F)c(C(=O)O)cc12. The Bertz CT molecular complexity index is 1140. The van der Waals surface area contributed by atoms with Crippen LogP contribution in [0.2, 0.25) is 10.0 Å². The largest absolute Gasteiger partial charge is 0.478 e. The van der Waals surface area contributed by atoms with E-state index in [-0.39, 0.29) is 17.5 Å². The summed E-state index contributed by atoms with van der Waals surface area (Å²) in [5, 5.41) is 15.0. The number of fused-ring (bicyclic) bond motifs is 1. The average Bonchev–Trinajstić information content (AvgIpc) is 3.24. The summed E-state index contributed by atoms with van der Waals surface area (Å²) in [4.78, 5) is 25.7. The third-order valence-corrected chi connectivity index (χ3v) is 5.55. The van der Waals surface area contributed by atoms with Gasteiger partial charge in [0.15, 0.2) is 0 Å². The van der Waals surface area contributed by atoms with Gasteiger partial charge in [0.2, 0.25) is 0 Å². The predicted molar refractivity (Wildman–Crippen MR) is 107 cm³/mol. The first-order valence-electron chi connectivity index (χ1n) is 8.91. The lowest BCUT2D eigenvalue weighted by Crippen LogP contribution is -2.29. The molecular formula is C20H16Cl2FN3O3. The van der Waals surface area contributed by atoms with E-state index >= 15 is 0 Å². The van der Waals surface area contributed by atoms with E-state index in [4.69, 9.17) is 28.3 Å². The number of rotatable bonds is 3. The van der Waals surface area contributed by atoms with Crippen molar-refractivity contribution in [3.63, 3.8) is 0 Å². The molecule has 0 unspecified atom stereocenters. The fourth-order valence-corrected chi connectivity index (χ4v) is 4.27. The lowest BCUT2D eigenvalue weighted by molar-refractivity contribution is 0.0691. The molecule has 6 nitrogen and oxygen atoms in total. The Balaban J connectivity index is 1.64. The van der Waals surface area contributed by atoms with Crippen LogP contribution in [0.5, 0.6) is 0 Å². The number of aryl methyl sites for hydroxylation is 1. The number of aromatic carboxylic acids is 1. The summed E-state index contributed by atoms with van der Waals surface area (Å²) in [7, 11) is 0. The zero-order chi connectivity index (χ0) is 20.9. The quantitative estimate of drug-likeness (QED) is 0.653. The lowest BCUT2D eigenvalue weighted by atomic mass is 10.1. The lowest BCUT2D eigenvalue weighted by Gasteiger charge is -2.17. The van der Waals surface area contributed by atoms with Crippen LogP contribution in [-0.2, 0) is 0 Å². The second-order valence-corrected chi connectivity index (χ2v) is 7.91. The van der Waals surface area contributed by atoms with Crippen LogP contribution in [0, 0.1) is 12.7 Å². The summed E-state index contributed by atoms with van der Waals surface area (Å²) in [5.74, 6) is -2.33. The molecule has 1 saturated heterocycles. The van der Waals surface area contributed by atoms with Gasteiger partial charge in [0.05, 0.1) is 22.8 Å². The van der Waals surface area contributed by atoms with E-state index in [0.717, 1.165) is 0 Å². The van der Waals surface area contributed by atoms with Crippen molar-refractivity contribution in [2.45, 2.75) is 19.4 Å². The Morgan fingerprint density at radius 1 is 1.17 bits per heavy atom. The highest BCUT2D eigenvalue weighted by Crippen LogP contribution is 2.30. The molecule has 1 amide bonds. The third kappa shape index (κ3) is 3.56. The minimum absolute atomic E-state index is 0.153. The molecular weight excluding hydrogens is 420 g/mol. The summed E-state index contributed by atoms with van der Waals surface area (Å²) in [6.07, 6.45) is 0.637. The number of benzene rings is 2. The Hall–Kier alpha value is -2.64. The van der Waals surface area contributed by atoms with Crippen LogP contribution in [0.4, 0.5) is 4.39 Å². The molecule has 2 heterocycles. The number of hydrogen-bond acceptors (Lipinski definition) is 3. The number of carbonyl (C=O) groups is 2. The number of amides is 1. The first-order chi connectivity index (χ1) is 13.7. The first-order valence-corrected chi connectivity index (χ1v) is 9.67. The normalized spacial score (nSPS) is 16.6. The molecule has 0 aliphatic carbocycles. The van der Waals surface area contributed by atoms with E-state index in [1.807, 2.05) is 0 Å². The van der Waals surface area contributed by atoms with Crippen LogP contribution in [0.25, 0.3) is 10.9 Å². The molecule has 1 atom stereocenters. The van der Waals surface area contributed by atoms with Gasteiger partial charge >= 0.3 is 5.97 Å². The van der Waals surface area contributed by atoms with Gasteiger partial charge in [-0.2, -0.15) is 5.10 Å². The minimum Gasteiger partial charge on any atom is -0.478 e. The van der Waals surface area contributed by atoms with Gasteiger partial charge in [-0.05, 0) is 37.6 Å². The smallest absolute Gasteiger partial charge is 0.338 e. The zero-order valence-electron chi connectivity index (χ0n) is 15.3. The van der Waals surface area contributed by atoms with E-state index in [2.05, 4.69) is 5.10 Å². The van der Waals surface area contributed by atoms with Gasteiger partial charge in [0, 0.05) is 40.2 Å². The van der Waals surface area contributed by atoms with Crippen LogP contribution in [0.1, 0.15) is 38.9 Å². The molecule has 1 N–H and O–H groups in total. The Morgan fingerprint density at radius 2 is 1.86 bits per heavy atom. The van der Waals surface area contributed by atoms with Gasteiger partial charge in [-0.25, -0.2) is 9.18 Å². The second-order valence-electron chi connectivity index (χ2n) is 7.04. The predicted octanol–water partition coefficient (Wildman–Crippen LogP) is 4.58. The second kappa shape index (κ2) is 7.31. The molecule has 0 saturated carbocycles. The molecule has 1 aliphatic heterocycles. The van der Waals surface area contributed by atoms with Crippen molar-refractivity contribution in [3.8, 4) is 0 Å². The molecule has 0 bridgehead atoms. The summed E-state index contributed by atoms with van der Waals surface area (Å²) in [6, 6.07) is 7.04. The minimum atomic E-state index is -1.32. The number of carboxylic acid groups (broad SMARTS) is 1. The van der Waals surface area contributed by atoms with Crippen molar-refractivity contribution in [1.29, 1.82) is 0 Å². The molecule has 1 fully saturated rings. The van der Waals surface area contributed by atoms with E-state index in [9.17, 15) is 14.0 Å². The molecule has 2 aromatic carbocycles. The molecule has 0 radical (unpaired) electrons. The first kappa shape index (κ1) is 19.7. The van der Waals surface area contributed by atoms with Gasteiger partial charge < -0.3 is 10.0 Å². The molecule has 1 aromatic heterocycles. The maximum Gasteiger partial charge on any atom is 0.338 e. The maximum absolute atomic E-state index is 14.2. The fourth-order valence-electron chi connectivity index (χ4n) is 3.74. The van der Waals surface area contributed by atoms with Gasteiger partial charge in [0.1, 0.15) is 5.82 Å². The summed E-state index contributed by atoms with van der Waals surface area (Å²) in [5.41, 5.74) is 1.13. The Kier molecular flexibility index (Phi) is 4.96.